The van der Waals surface area contributed by atoms with Crippen molar-refractivity contribution < 1.29 is 0 Å². The van der Waals surface area contributed by atoms with Crippen LogP contribution in [0.5, 0.6) is 0 Å². The molecule has 0 aromatic carbocycles. The number of rotatable bonds is 7. The quantitative estimate of drug-likeness (QED) is 0.655. The molecule has 0 amide bonds. The SMILES string of the molecule is CC(C)CC(CC(C)C)NC(C)(C)CC(C)(C)C. The second-order valence-corrected chi connectivity index (χ2v) is 8.72. The Bertz CT molecular complexity index is 210. The first-order valence-electron chi connectivity index (χ1n) is 7.69. The highest BCUT2D eigenvalue weighted by atomic mass is 15.0. The van der Waals surface area contributed by atoms with Crippen molar-refractivity contribution in [3.63, 3.8) is 0 Å². The molecule has 0 bridgehead atoms. The summed E-state index contributed by atoms with van der Waals surface area (Å²) in [4.78, 5) is 0. The van der Waals surface area contributed by atoms with Gasteiger partial charge in [0.1, 0.15) is 0 Å². The predicted molar refractivity (Wildman–Crippen MR) is 84.0 cm³/mol. The summed E-state index contributed by atoms with van der Waals surface area (Å²) in [6.07, 6.45) is 3.78. The summed E-state index contributed by atoms with van der Waals surface area (Å²) in [6.45, 7) is 21.0. The highest BCUT2D eigenvalue weighted by Crippen LogP contribution is 2.28. The van der Waals surface area contributed by atoms with Gasteiger partial charge in [0.05, 0.1) is 0 Å². The minimum absolute atomic E-state index is 0.229. The first-order valence-corrected chi connectivity index (χ1v) is 7.69. The van der Waals surface area contributed by atoms with Crippen molar-refractivity contribution in [2.75, 3.05) is 0 Å². The van der Waals surface area contributed by atoms with Gasteiger partial charge in [-0.3, -0.25) is 0 Å². The summed E-state index contributed by atoms with van der Waals surface area (Å²) >= 11 is 0. The monoisotopic (exact) mass is 255 g/mol. The first kappa shape index (κ1) is 18.0. The Labute approximate surface area is 116 Å². The number of hydrogen-bond acceptors (Lipinski definition) is 1. The van der Waals surface area contributed by atoms with E-state index in [1.807, 2.05) is 0 Å². The molecule has 110 valence electrons. The van der Waals surface area contributed by atoms with Crippen LogP contribution in [0.3, 0.4) is 0 Å². The van der Waals surface area contributed by atoms with Crippen LogP contribution in [-0.4, -0.2) is 11.6 Å². The van der Waals surface area contributed by atoms with E-state index in [1.54, 1.807) is 0 Å². The molecule has 0 radical (unpaired) electrons. The topological polar surface area (TPSA) is 12.0 Å². The minimum Gasteiger partial charge on any atom is -0.309 e. The molecule has 1 nitrogen and oxygen atoms in total. The summed E-state index contributed by atoms with van der Waals surface area (Å²) in [5, 5.41) is 3.91. The van der Waals surface area contributed by atoms with E-state index in [4.69, 9.17) is 0 Å². The van der Waals surface area contributed by atoms with Crippen molar-refractivity contribution >= 4 is 0 Å². The van der Waals surface area contributed by atoms with E-state index < -0.39 is 0 Å². The zero-order valence-electron chi connectivity index (χ0n) is 14.4. The molecule has 18 heavy (non-hydrogen) atoms. The van der Waals surface area contributed by atoms with Gasteiger partial charge >= 0.3 is 0 Å². The van der Waals surface area contributed by atoms with Crippen LogP contribution in [0, 0.1) is 17.3 Å². The summed E-state index contributed by atoms with van der Waals surface area (Å²) in [6, 6.07) is 0.655. The van der Waals surface area contributed by atoms with Crippen molar-refractivity contribution in [1.29, 1.82) is 0 Å². The predicted octanol–water partition coefficient (Wildman–Crippen LogP) is 5.25. The Hall–Kier alpha value is -0.0400. The zero-order valence-corrected chi connectivity index (χ0v) is 14.4. The maximum Gasteiger partial charge on any atom is 0.0132 e. The molecule has 0 aliphatic carbocycles. The van der Waals surface area contributed by atoms with E-state index in [0.29, 0.717) is 11.5 Å². The first-order chi connectivity index (χ1) is 7.91. The van der Waals surface area contributed by atoms with Crippen LogP contribution in [0.25, 0.3) is 0 Å². The number of nitrogens with one attached hydrogen (secondary N) is 1. The maximum absolute atomic E-state index is 3.91. The van der Waals surface area contributed by atoms with E-state index in [2.05, 4.69) is 67.6 Å². The molecule has 1 heteroatoms. The lowest BCUT2D eigenvalue weighted by Crippen LogP contribution is -2.48. The molecule has 0 unspecified atom stereocenters. The summed E-state index contributed by atoms with van der Waals surface area (Å²) < 4.78 is 0. The average molecular weight is 255 g/mol. The van der Waals surface area contributed by atoms with Gasteiger partial charge in [-0.25, -0.2) is 0 Å². The van der Waals surface area contributed by atoms with Gasteiger partial charge in [-0.1, -0.05) is 48.5 Å². The summed E-state index contributed by atoms with van der Waals surface area (Å²) in [5.41, 5.74) is 0.614. The van der Waals surface area contributed by atoms with Gasteiger partial charge in [0.15, 0.2) is 0 Å². The molecule has 0 aromatic rings. The third kappa shape index (κ3) is 9.94. The lowest BCUT2D eigenvalue weighted by molar-refractivity contribution is 0.202. The van der Waals surface area contributed by atoms with Crippen LogP contribution in [0.4, 0.5) is 0 Å². The van der Waals surface area contributed by atoms with Crippen LogP contribution < -0.4 is 5.32 Å². The van der Waals surface area contributed by atoms with Crippen LogP contribution in [-0.2, 0) is 0 Å². The normalized spacial score (nSPS) is 14.0. The van der Waals surface area contributed by atoms with E-state index in [0.717, 1.165) is 11.8 Å². The van der Waals surface area contributed by atoms with Gasteiger partial charge < -0.3 is 5.32 Å². The molecular formula is C17H37N. The second-order valence-electron chi connectivity index (χ2n) is 8.72. The van der Waals surface area contributed by atoms with Crippen LogP contribution in [0.2, 0.25) is 0 Å². The molecule has 0 atom stereocenters. The smallest absolute Gasteiger partial charge is 0.0132 e. The fraction of sp³-hybridized carbons (Fsp3) is 1.00. The Morgan fingerprint density at radius 3 is 1.44 bits per heavy atom. The summed E-state index contributed by atoms with van der Waals surface area (Å²) in [5.74, 6) is 1.54. The largest absolute Gasteiger partial charge is 0.309 e. The molecule has 0 saturated carbocycles. The molecule has 0 spiro atoms. The van der Waals surface area contributed by atoms with Crippen molar-refractivity contribution in [3.05, 3.63) is 0 Å². The number of hydrogen-bond donors (Lipinski definition) is 1. The van der Waals surface area contributed by atoms with Gasteiger partial charge in [-0.15, -0.1) is 0 Å². The summed E-state index contributed by atoms with van der Waals surface area (Å²) in [7, 11) is 0. The van der Waals surface area contributed by atoms with E-state index in [9.17, 15) is 0 Å². The Morgan fingerprint density at radius 1 is 0.778 bits per heavy atom. The molecule has 0 aliphatic heterocycles. The van der Waals surface area contributed by atoms with E-state index >= 15 is 0 Å². The minimum atomic E-state index is 0.229. The maximum atomic E-state index is 3.91. The van der Waals surface area contributed by atoms with Crippen LogP contribution in [0.15, 0.2) is 0 Å². The molecule has 0 fully saturated rings. The fourth-order valence-corrected chi connectivity index (χ4v) is 3.28. The Kier molecular flexibility index (Phi) is 6.92. The zero-order chi connectivity index (χ0) is 14.6. The standard InChI is InChI=1S/C17H37N/c1-13(2)10-15(11-14(3)4)18-17(8,9)12-16(5,6)7/h13-15,18H,10-12H2,1-9H3. The molecule has 0 heterocycles. The van der Waals surface area contributed by atoms with Crippen molar-refractivity contribution in [2.24, 2.45) is 17.3 Å². The molecule has 0 rings (SSSR count). The van der Waals surface area contributed by atoms with E-state index in [1.165, 1.54) is 19.3 Å². The second kappa shape index (κ2) is 6.93. The van der Waals surface area contributed by atoms with Gasteiger partial charge in [0, 0.05) is 11.6 Å². The Balaban J connectivity index is 4.53. The van der Waals surface area contributed by atoms with Gasteiger partial charge in [-0.2, -0.15) is 0 Å². The van der Waals surface area contributed by atoms with Crippen LogP contribution in [0.1, 0.15) is 81.6 Å². The lowest BCUT2D eigenvalue weighted by Gasteiger charge is -2.38. The van der Waals surface area contributed by atoms with E-state index in [-0.39, 0.29) is 5.54 Å². The molecule has 1 N–H and O–H groups in total. The molecule has 0 saturated heterocycles. The fourth-order valence-electron chi connectivity index (χ4n) is 3.28. The van der Waals surface area contributed by atoms with Gasteiger partial charge in [-0.05, 0) is 50.4 Å². The molecule has 0 aliphatic rings. The van der Waals surface area contributed by atoms with Gasteiger partial charge in [0.25, 0.3) is 0 Å². The van der Waals surface area contributed by atoms with Crippen LogP contribution >= 0.6 is 0 Å². The highest BCUT2D eigenvalue weighted by Gasteiger charge is 2.28. The molecule has 0 aromatic heterocycles. The lowest BCUT2D eigenvalue weighted by atomic mass is 9.80. The average Bonchev–Trinajstić information content (AvgIpc) is 1.92. The van der Waals surface area contributed by atoms with Crippen molar-refractivity contribution in [2.45, 2.75) is 93.2 Å². The highest BCUT2D eigenvalue weighted by molar-refractivity contribution is 4.87. The third-order valence-electron chi connectivity index (χ3n) is 3.08. The third-order valence-corrected chi connectivity index (χ3v) is 3.08. The van der Waals surface area contributed by atoms with Gasteiger partial charge in [0.2, 0.25) is 0 Å². The Morgan fingerprint density at radius 2 is 1.17 bits per heavy atom. The van der Waals surface area contributed by atoms with Crippen molar-refractivity contribution in [1.82, 2.24) is 5.32 Å². The molecular weight excluding hydrogens is 218 g/mol. The van der Waals surface area contributed by atoms with Crippen molar-refractivity contribution in [3.8, 4) is 0 Å².